The SMILES string of the molecule is CCCC1CN(C(C)C)CCN1CC. The zero-order valence-electron chi connectivity index (χ0n) is 10.3. The Balaban J connectivity index is 2.48. The van der Waals surface area contributed by atoms with Gasteiger partial charge < -0.3 is 0 Å². The Morgan fingerprint density at radius 1 is 1.21 bits per heavy atom. The molecule has 1 fully saturated rings. The minimum absolute atomic E-state index is 0.716. The van der Waals surface area contributed by atoms with Gasteiger partial charge in [-0.1, -0.05) is 20.3 Å². The van der Waals surface area contributed by atoms with Crippen molar-refractivity contribution in [3.05, 3.63) is 0 Å². The van der Waals surface area contributed by atoms with Crippen LogP contribution in [-0.2, 0) is 0 Å². The van der Waals surface area contributed by atoms with Crippen molar-refractivity contribution >= 4 is 0 Å². The smallest absolute Gasteiger partial charge is 0.0223 e. The molecule has 14 heavy (non-hydrogen) atoms. The van der Waals surface area contributed by atoms with Gasteiger partial charge in [-0.25, -0.2) is 0 Å². The van der Waals surface area contributed by atoms with E-state index in [0.29, 0.717) is 6.04 Å². The average Bonchev–Trinajstić information content (AvgIpc) is 2.18. The molecule has 1 heterocycles. The molecule has 1 unspecified atom stereocenters. The molecular weight excluding hydrogens is 172 g/mol. The van der Waals surface area contributed by atoms with E-state index < -0.39 is 0 Å². The molecule has 1 saturated heterocycles. The molecule has 84 valence electrons. The lowest BCUT2D eigenvalue weighted by molar-refractivity contribution is 0.0558. The van der Waals surface area contributed by atoms with E-state index in [1.807, 2.05) is 0 Å². The third kappa shape index (κ3) is 2.96. The van der Waals surface area contributed by atoms with Gasteiger partial charge in [0.25, 0.3) is 0 Å². The van der Waals surface area contributed by atoms with Gasteiger partial charge in [-0.2, -0.15) is 0 Å². The zero-order valence-corrected chi connectivity index (χ0v) is 10.3. The Morgan fingerprint density at radius 2 is 1.93 bits per heavy atom. The summed E-state index contributed by atoms with van der Waals surface area (Å²) < 4.78 is 0. The van der Waals surface area contributed by atoms with E-state index in [9.17, 15) is 0 Å². The van der Waals surface area contributed by atoms with Crippen molar-refractivity contribution in [3.8, 4) is 0 Å². The topological polar surface area (TPSA) is 6.48 Å². The monoisotopic (exact) mass is 198 g/mol. The largest absolute Gasteiger partial charge is 0.298 e. The summed E-state index contributed by atoms with van der Waals surface area (Å²) in [7, 11) is 0. The van der Waals surface area contributed by atoms with Gasteiger partial charge in [0.2, 0.25) is 0 Å². The van der Waals surface area contributed by atoms with Gasteiger partial charge in [-0.05, 0) is 26.8 Å². The van der Waals surface area contributed by atoms with Crippen molar-refractivity contribution < 1.29 is 0 Å². The second-order valence-corrected chi connectivity index (χ2v) is 4.66. The first-order chi connectivity index (χ1) is 6.69. The molecule has 1 aliphatic heterocycles. The molecule has 0 radical (unpaired) electrons. The van der Waals surface area contributed by atoms with Crippen molar-refractivity contribution in [2.24, 2.45) is 0 Å². The molecule has 0 amide bonds. The predicted octanol–water partition coefficient (Wildman–Crippen LogP) is 2.20. The first-order valence-electron chi connectivity index (χ1n) is 6.17. The van der Waals surface area contributed by atoms with Gasteiger partial charge in [0.15, 0.2) is 0 Å². The van der Waals surface area contributed by atoms with Gasteiger partial charge in [0.1, 0.15) is 0 Å². The van der Waals surface area contributed by atoms with E-state index in [4.69, 9.17) is 0 Å². The van der Waals surface area contributed by atoms with Crippen LogP contribution in [0.2, 0.25) is 0 Å². The van der Waals surface area contributed by atoms with Crippen molar-refractivity contribution in [1.82, 2.24) is 9.80 Å². The summed E-state index contributed by atoms with van der Waals surface area (Å²) >= 11 is 0. The summed E-state index contributed by atoms with van der Waals surface area (Å²) in [6.07, 6.45) is 2.67. The zero-order chi connectivity index (χ0) is 10.6. The van der Waals surface area contributed by atoms with Crippen LogP contribution in [0.15, 0.2) is 0 Å². The van der Waals surface area contributed by atoms with Crippen LogP contribution in [0.1, 0.15) is 40.5 Å². The fraction of sp³-hybridized carbons (Fsp3) is 1.00. The quantitative estimate of drug-likeness (QED) is 0.683. The highest BCUT2D eigenvalue weighted by atomic mass is 15.3. The molecule has 1 rings (SSSR count). The van der Waals surface area contributed by atoms with Crippen molar-refractivity contribution in [2.45, 2.75) is 52.6 Å². The summed E-state index contributed by atoms with van der Waals surface area (Å²) in [5.41, 5.74) is 0. The third-order valence-electron chi connectivity index (χ3n) is 3.39. The fourth-order valence-corrected chi connectivity index (χ4v) is 2.41. The van der Waals surface area contributed by atoms with Gasteiger partial charge in [-0.15, -0.1) is 0 Å². The molecule has 0 N–H and O–H groups in total. The summed E-state index contributed by atoms with van der Waals surface area (Å²) in [4.78, 5) is 5.26. The molecule has 0 aliphatic carbocycles. The van der Waals surface area contributed by atoms with Crippen molar-refractivity contribution in [1.29, 1.82) is 0 Å². The molecule has 0 saturated carbocycles. The summed E-state index contributed by atoms with van der Waals surface area (Å²) in [5, 5.41) is 0. The molecule has 0 bridgehead atoms. The molecule has 1 aliphatic rings. The Hall–Kier alpha value is -0.0800. The highest BCUT2D eigenvalue weighted by molar-refractivity contribution is 4.82. The number of likely N-dealkylation sites (N-methyl/N-ethyl adjacent to an activating group) is 1. The van der Waals surface area contributed by atoms with Crippen LogP contribution in [0.25, 0.3) is 0 Å². The Morgan fingerprint density at radius 3 is 2.43 bits per heavy atom. The van der Waals surface area contributed by atoms with E-state index >= 15 is 0 Å². The van der Waals surface area contributed by atoms with E-state index in [1.54, 1.807) is 0 Å². The molecule has 0 aromatic rings. The number of nitrogens with zero attached hydrogens (tertiary/aromatic N) is 2. The van der Waals surface area contributed by atoms with Gasteiger partial charge in [-0.3, -0.25) is 9.80 Å². The summed E-state index contributed by atoms with van der Waals surface area (Å²) in [6, 6.07) is 1.52. The first-order valence-corrected chi connectivity index (χ1v) is 6.17. The maximum atomic E-state index is 2.64. The molecule has 0 aromatic carbocycles. The number of piperazine rings is 1. The third-order valence-corrected chi connectivity index (χ3v) is 3.39. The maximum Gasteiger partial charge on any atom is 0.0223 e. The molecule has 2 heteroatoms. The minimum atomic E-state index is 0.716. The number of hydrogen-bond donors (Lipinski definition) is 0. The summed E-state index contributed by atoms with van der Waals surface area (Å²) in [5.74, 6) is 0. The Labute approximate surface area is 89.3 Å². The normalized spacial score (nSPS) is 25.9. The van der Waals surface area contributed by atoms with Crippen molar-refractivity contribution in [3.63, 3.8) is 0 Å². The van der Waals surface area contributed by atoms with Crippen LogP contribution in [0.4, 0.5) is 0 Å². The van der Waals surface area contributed by atoms with Crippen LogP contribution >= 0.6 is 0 Å². The van der Waals surface area contributed by atoms with Crippen LogP contribution in [0.3, 0.4) is 0 Å². The van der Waals surface area contributed by atoms with Crippen LogP contribution in [-0.4, -0.2) is 48.1 Å². The van der Waals surface area contributed by atoms with Crippen LogP contribution < -0.4 is 0 Å². The maximum absolute atomic E-state index is 2.64. The van der Waals surface area contributed by atoms with Crippen LogP contribution in [0, 0.1) is 0 Å². The predicted molar refractivity (Wildman–Crippen MR) is 62.7 cm³/mol. The molecule has 0 spiro atoms. The van der Waals surface area contributed by atoms with E-state index in [0.717, 1.165) is 6.04 Å². The second-order valence-electron chi connectivity index (χ2n) is 4.66. The molecule has 2 nitrogen and oxygen atoms in total. The molecule has 0 aromatic heterocycles. The van der Waals surface area contributed by atoms with Gasteiger partial charge in [0.05, 0.1) is 0 Å². The average molecular weight is 198 g/mol. The number of hydrogen-bond acceptors (Lipinski definition) is 2. The lowest BCUT2D eigenvalue weighted by atomic mass is 10.1. The second kappa shape index (κ2) is 5.72. The first kappa shape index (κ1) is 12.0. The lowest BCUT2D eigenvalue weighted by Crippen LogP contribution is -2.54. The minimum Gasteiger partial charge on any atom is -0.298 e. The van der Waals surface area contributed by atoms with E-state index in [-0.39, 0.29) is 0 Å². The van der Waals surface area contributed by atoms with E-state index in [1.165, 1.54) is 39.0 Å². The van der Waals surface area contributed by atoms with Crippen molar-refractivity contribution in [2.75, 3.05) is 26.2 Å². The molecule has 1 atom stereocenters. The standard InChI is InChI=1S/C12H26N2/c1-5-7-12-10-14(11(3)4)9-8-13(12)6-2/h11-12H,5-10H2,1-4H3. The highest BCUT2D eigenvalue weighted by Gasteiger charge is 2.25. The van der Waals surface area contributed by atoms with Gasteiger partial charge >= 0.3 is 0 Å². The van der Waals surface area contributed by atoms with E-state index in [2.05, 4.69) is 37.5 Å². The Kier molecular flexibility index (Phi) is 4.90. The van der Waals surface area contributed by atoms with Crippen LogP contribution in [0.5, 0.6) is 0 Å². The molecular formula is C12H26N2. The Bertz CT molecular complexity index is 156. The highest BCUT2D eigenvalue weighted by Crippen LogP contribution is 2.15. The number of rotatable bonds is 4. The summed E-state index contributed by atoms with van der Waals surface area (Å²) in [6.45, 7) is 14.2. The fourth-order valence-electron chi connectivity index (χ4n) is 2.41. The van der Waals surface area contributed by atoms with Gasteiger partial charge in [0, 0.05) is 31.7 Å². The lowest BCUT2D eigenvalue weighted by Gasteiger charge is -2.42.